The molecule has 0 radical (unpaired) electrons. The number of halogens is 3. The second-order valence-electron chi connectivity index (χ2n) is 4.90. The molecule has 0 aromatic carbocycles. The number of anilines is 2. The topological polar surface area (TPSA) is 49.8 Å². The van der Waals surface area contributed by atoms with Crippen molar-refractivity contribution >= 4 is 11.6 Å². The Bertz CT molecular complexity index is 421. The van der Waals surface area contributed by atoms with E-state index >= 15 is 0 Å². The predicted molar refractivity (Wildman–Crippen MR) is 78.4 cm³/mol. The third kappa shape index (κ3) is 6.64. The number of hydrogen-bond donors (Lipinski definition) is 2. The molecule has 0 aliphatic rings. The molecule has 0 bridgehead atoms. The molecule has 21 heavy (non-hydrogen) atoms. The minimum absolute atomic E-state index is 0.155. The van der Waals surface area contributed by atoms with Crippen molar-refractivity contribution in [2.45, 2.75) is 51.6 Å². The molecule has 0 aliphatic carbocycles. The number of aromatic nitrogens is 2. The summed E-state index contributed by atoms with van der Waals surface area (Å²) in [6.45, 7) is 2.78. The van der Waals surface area contributed by atoms with Crippen molar-refractivity contribution in [3.05, 3.63) is 11.9 Å². The molecular weight excluding hydrogens is 281 g/mol. The van der Waals surface area contributed by atoms with Gasteiger partial charge in [-0.3, -0.25) is 0 Å². The fourth-order valence-corrected chi connectivity index (χ4v) is 1.91. The van der Waals surface area contributed by atoms with Crippen molar-refractivity contribution in [1.29, 1.82) is 0 Å². The molecule has 1 rings (SSSR count). The lowest BCUT2D eigenvalue weighted by atomic mass is 10.1. The van der Waals surface area contributed by atoms with Gasteiger partial charge in [0.05, 0.1) is 0 Å². The van der Waals surface area contributed by atoms with Crippen LogP contribution in [0.15, 0.2) is 6.07 Å². The third-order valence-electron chi connectivity index (χ3n) is 3.07. The summed E-state index contributed by atoms with van der Waals surface area (Å²) in [7, 11) is 1.53. The normalized spacial score (nSPS) is 11.5. The zero-order chi connectivity index (χ0) is 15.7. The molecule has 0 fully saturated rings. The molecule has 1 heterocycles. The van der Waals surface area contributed by atoms with Gasteiger partial charge in [0.25, 0.3) is 0 Å². The van der Waals surface area contributed by atoms with Gasteiger partial charge in [0.1, 0.15) is 11.6 Å². The summed E-state index contributed by atoms with van der Waals surface area (Å²) in [4.78, 5) is 6.93. The SMILES string of the molecule is CCCCCCCCNc1cc(NC)nc(C(F)(F)F)n1. The second-order valence-corrected chi connectivity index (χ2v) is 4.90. The van der Waals surface area contributed by atoms with E-state index in [2.05, 4.69) is 27.5 Å². The van der Waals surface area contributed by atoms with Crippen molar-refractivity contribution in [1.82, 2.24) is 9.97 Å². The molecule has 1 aromatic rings. The third-order valence-corrected chi connectivity index (χ3v) is 3.07. The summed E-state index contributed by atoms with van der Waals surface area (Å²) in [5.41, 5.74) is 0. The lowest BCUT2D eigenvalue weighted by molar-refractivity contribution is -0.144. The average molecular weight is 304 g/mol. The fraction of sp³-hybridized carbons (Fsp3) is 0.714. The maximum Gasteiger partial charge on any atom is 0.451 e. The van der Waals surface area contributed by atoms with Gasteiger partial charge in [-0.25, -0.2) is 9.97 Å². The highest BCUT2D eigenvalue weighted by molar-refractivity contribution is 5.47. The predicted octanol–water partition coefficient (Wildman–Crippen LogP) is 4.31. The van der Waals surface area contributed by atoms with Crippen LogP contribution in [0, 0.1) is 0 Å². The Labute approximate surface area is 123 Å². The monoisotopic (exact) mass is 304 g/mol. The molecule has 0 amide bonds. The first kappa shape index (κ1) is 17.5. The van der Waals surface area contributed by atoms with Crippen LogP contribution in [0.2, 0.25) is 0 Å². The molecule has 120 valence electrons. The van der Waals surface area contributed by atoms with Gasteiger partial charge in [-0.2, -0.15) is 13.2 Å². The largest absolute Gasteiger partial charge is 0.451 e. The van der Waals surface area contributed by atoms with Crippen LogP contribution in [-0.4, -0.2) is 23.6 Å². The van der Waals surface area contributed by atoms with Crippen LogP contribution in [0.25, 0.3) is 0 Å². The lowest BCUT2D eigenvalue weighted by Gasteiger charge is -2.11. The highest BCUT2D eigenvalue weighted by Crippen LogP contribution is 2.28. The molecule has 4 nitrogen and oxygen atoms in total. The van der Waals surface area contributed by atoms with Crippen LogP contribution >= 0.6 is 0 Å². The van der Waals surface area contributed by atoms with Crippen LogP contribution in [0.3, 0.4) is 0 Å². The molecule has 7 heteroatoms. The number of rotatable bonds is 9. The summed E-state index contributed by atoms with van der Waals surface area (Å²) >= 11 is 0. The first-order valence-electron chi connectivity index (χ1n) is 7.35. The van der Waals surface area contributed by atoms with Crippen LogP contribution in [0.4, 0.5) is 24.8 Å². The van der Waals surface area contributed by atoms with E-state index in [1.165, 1.54) is 32.4 Å². The van der Waals surface area contributed by atoms with E-state index in [9.17, 15) is 13.2 Å². The number of nitrogens with zero attached hydrogens (tertiary/aromatic N) is 2. The number of alkyl halides is 3. The first-order chi connectivity index (χ1) is 9.97. The van der Waals surface area contributed by atoms with Gasteiger partial charge in [0.2, 0.25) is 5.82 Å². The van der Waals surface area contributed by atoms with Crippen LogP contribution in [0.1, 0.15) is 51.3 Å². The molecule has 0 saturated carbocycles. The molecule has 2 N–H and O–H groups in total. The van der Waals surface area contributed by atoms with Crippen LogP contribution < -0.4 is 10.6 Å². The Balaban J connectivity index is 2.47. The van der Waals surface area contributed by atoms with Crippen molar-refractivity contribution in [3.63, 3.8) is 0 Å². The minimum Gasteiger partial charge on any atom is -0.373 e. The van der Waals surface area contributed by atoms with Gasteiger partial charge in [-0.15, -0.1) is 0 Å². The summed E-state index contributed by atoms with van der Waals surface area (Å²) in [5, 5.41) is 5.55. The zero-order valence-electron chi connectivity index (χ0n) is 12.6. The number of hydrogen-bond acceptors (Lipinski definition) is 4. The van der Waals surface area contributed by atoms with Gasteiger partial charge in [-0.1, -0.05) is 39.0 Å². The van der Waals surface area contributed by atoms with Crippen LogP contribution in [0.5, 0.6) is 0 Å². The van der Waals surface area contributed by atoms with Crippen molar-refractivity contribution in [2.24, 2.45) is 0 Å². The standard InChI is InChI=1S/C14H23F3N4/c1-3-4-5-6-7-8-9-19-12-10-11(18-2)20-13(21-12)14(15,16)17/h10H,3-9H2,1-2H3,(H2,18,19,20,21). The van der Waals surface area contributed by atoms with E-state index in [-0.39, 0.29) is 11.6 Å². The van der Waals surface area contributed by atoms with Gasteiger partial charge in [-0.05, 0) is 6.42 Å². The molecule has 0 spiro atoms. The van der Waals surface area contributed by atoms with E-state index < -0.39 is 12.0 Å². The van der Waals surface area contributed by atoms with Gasteiger partial charge < -0.3 is 10.6 Å². The summed E-state index contributed by atoms with van der Waals surface area (Å²) < 4.78 is 38.0. The molecule has 0 saturated heterocycles. The average Bonchev–Trinajstić information content (AvgIpc) is 2.45. The smallest absolute Gasteiger partial charge is 0.373 e. The molecular formula is C14H23F3N4. The summed E-state index contributed by atoms with van der Waals surface area (Å²) in [6, 6.07) is 1.48. The molecule has 0 atom stereocenters. The maximum atomic E-state index is 12.7. The number of unbranched alkanes of at least 4 members (excludes halogenated alkanes) is 5. The molecule has 0 unspecified atom stereocenters. The Kier molecular flexibility index (Phi) is 7.25. The quantitative estimate of drug-likeness (QED) is 0.667. The first-order valence-corrected chi connectivity index (χ1v) is 7.35. The summed E-state index contributed by atoms with van der Waals surface area (Å²) in [6.07, 6.45) is 2.27. The Hall–Kier alpha value is -1.53. The molecule has 1 aromatic heterocycles. The number of nitrogens with one attached hydrogen (secondary N) is 2. The van der Waals surface area contributed by atoms with E-state index in [0.29, 0.717) is 6.54 Å². The highest BCUT2D eigenvalue weighted by atomic mass is 19.4. The van der Waals surface area contributed by atoms with E-state index in [4.69, 9.17) is 0 Å². The minimum atomic E-state index is -4.54. The van der Waals surface area contributed by atoms with Gasteiger partial charge >= 0.3 is 6.18 Å². The van der Waals surface area contributed by atoms with Gasteiger partial charge in [0.15, 0.2) is 0 Å². The molecule has 0 aliphatic heterocycles. The van der Waals surface area contributed by atoms with Crippen molar-refractivity contribution in [2.75, 3.05) is 24.2 Å². The fourth-order valence-electron chi connectivity index (χ4n) is 1.91. The maximum absolute atomic E-state index is 12.7. The Morgan fingerprint density at radius 1 is 1.00 bits per heavy atom. The Morgan fingerprint density at radius 3 is 2.24 bits per heavy atom. The zero-order valence-corrected chi connectivity index (χ0v) is 12.6. The van der Waals surface area contributed by atoms with Crippen molar-refractivity contribution in [3.8, 4) is 0 Å². The lowest BCUT2D eigenvalue weighted by Crippen LogP contribution is -2.15. The Morgan fingerprint density at radius 2 is 1.62 bits per heavy atom. The van der Waals surface area contributed by atoms with Gasteiger partial charge in [0, 0.05) is 19.7 Å². The van der Waals surface area contributed by atoms with E-state index in [1.54, 1.807) is 0 Å². The van der Waals surface area contributed by atoms with Crippen LogP contribution in [-0.2, 0) is 6.18 Å². The second kappa shape index (κ2) is 8.69. The van der Waals surface area contributed by atoms with Crippen molar-refractivity contribution < 1.29 is 13.2 Å². The summed E-state index contributed by atoms with van der Waals surface area (Å²) in [5.74, 6) is -0.766. The van der Waals surface area contributed by atoms with E-state index in [1.807, 2.05) is 0 Å². The van der Waals surface area contributed by atoms with E-state index in [0.717, 1.165) is 19.3 Å². The highest BCUT2D eigenvalue weighted by Gasteiger charge is 2.35.